The second kappa shape index (κ2) is 7.93. The van der Waals surface area contributed by atoms with Gasteiger partial charge in [0.05, 0.1) is 0 Å². The number of halogens is 4. The molecule has 130 valence electrons. The van der Waals surface area contributed by atoms with E-state index >= 15 is 4.20 Å². The van der Waals surface area contributed by atoms with Crippen LogP contribution < -0.4 is 10.6 Å². The Balaban J connectivity index is 2.62. The van der Waals surface area contributed by atoms with Crippen molar-refractivity contribution >= 4 is 34.3 Å². The van der Waals surface area contributed by atoms with Crippen molar-refractivity contribution in [1.82, 2.24) is 4.67 Å². The fourth-order valence-electron chi connectivity index (χ4n) is 1.67. The summed E-state index contributed by atoms with van der Waals surface area (Å²) in [5, 5.41) is 0.0414. The Kier molecular flexibility index (Phi) is 6.39. The molecule has 24 heavy (non-hydrogen) atoms. The van der Waals surface area contributed by atoms with Crippen LogP contribution in [0.2, 0.25) is 0 Å². The maximum absolute atomic E-state index is 15.4. The molecular formula is C14H16F4N3P3. The van der Waals surface area contributed by atoms with Crippen molar-refractivity contribution in [1.29, 1.82) is 0 Å². The molecule has 0 aliphatic heterocycles. The van der Waals surface area contributed by atoms with E-state index in [1.165, 1.54) is 36.4 Å². The van der Waals surface area contributed by atoms with E-state index in [4.69, 9.17) is 0 Å². The Hall–Kier alpha value is -0.990. The second-order valence-electron chi connectivity index (χ2n) is 4.94. The highest BCUT2D eigenvalue weighted by Crippen LogP contribution is 2.69. The molecule has 0 aliphatic carbocycles. The predicted octanol–water partition coefficient (Wildman–Crippen LogP) is 6.37. The minimum atomic E-state index is -5.07. The van der Waals surface area contributed by atoms with Crippen LogP contribution in [0.1, 0.15) is 0 Å². The van der Waals surface area contributed by atoms with Crippen molar-refractivity contribution in [2.45, 2.75) is 0 Å². The molecule has 0 heterocycles. The topological polar surface area (TPSA) is 28.0 Å². The fraction of sp³-hybridized carbons (Fsp3) is 0.143. The van der Waals surface area contributed by atoms with Crippen LogP contribution in [0.3, 0.4) is 0 Å². The van der Waals surface area contributed by atoms with Gasteiger partial charge in [0, 0.05) is 10.6 Å². The first kappa shape index (κ1) is 19.3. The number of nitrogens with zero attached hydrogens (tertiary/aromatic N) is 3. The van der Waals surface area contributed by atoms with Crippen molar-refractivity contribution in [3.05, 3.63) is 60.7 Å². The van der Waals surface area contributed by atoms with Crippen LogP contribution in [-0.2, 0) is 0 Å². The molecule has 0 radical (unpaired) electrons. The summed E-state index contributed by atoms with van der Waals surface area (Å²) in [7, 11) is -10.2. The maximum Gasteiger partial charge on any atom is 0.374 e. The van der Waals surface area contributed by atoms with Crippen LogP contribution in [0.4, 0.5) is 16.8 Å². The maximum atomic E-state index is 15.4. The minimum absolute atomic E-state index is 0.118. The molecule has 3 nitrogen and oxygen atoms in total. The summed E-state index contributed by atoms with van der Waals surface area (Å²) in [4.78, 5) is 0. The molecule has 2 unspecified atom stereocenters. The monoisotopic (exact) mass is 395 g/mol. The van der Waals surface area contributed by atoms with E-state index in [0.717, 1.165) is 14.1 Å². The van der Waals surface area contributed by atoms with Gasteiger partial charge in [-0.2, -0.15) is 25.8 Å². The smallest absolute Gasteiger partial charge is 0.225 e. The lowest BCUT2D eigenvalue weighted by Crippen LogP contribution is -2.04. The summed E-state index contributed by atoms with van der Waals surface area (Å²) < 4.78 is 65.2. The molecule has 0 fully saturated rings. The molecule has 10 heteroatoms. The van der Waals surface area contributed by atoms with Gasteiger partial charge < -0.3 is 0 Å². The van der Waals surface area contributed by atoms with Gasteiger partial charge in [-0.05, 0) is 26.2 Å². The molecule has 0 N–H and O–H groups in total. The van der Waals surface area contributed by atoms with Gasteiger partial charge in [-0.25, -0.2) is 4.67 Å². The van der Waals surface area contributed by atoms with Crippen molar-refractivity contribution in [3.8, 4) is 0 Å². The summed E-state index contributed by atoms with van der Waals surface area (Å²) in [6.07, 6.45) is 0. The Morgan fingerprint density at radius 3 is 1.88 bits per heavy atom. The van der Waals surface area contributed by atoms with Gasteiger partial charge in [0.1, 0.15) is 0 Å². The van der Waals surface area contributed by atoms with E-state index in [2.05, 4.69) is 9.03 Å². The average molecular weight is 395 g/mol. The molecule has 0 bridgehead atoms. The standard InChI is InChI=1S/C14H16F4N3P3/c1-21(2)24(17,18)20-23(16,14-11-7-4-8-12-14)19-22(15)13-9-5-3-6-10-13/h3-12H,1-2H3. The minimum Gasteiger partial charge on any atom is -0.225 e. The summed E-state index contributed by atoms with van der Waals surface area (Å²) in [6.45, 7) is 0. The Bertz CT molecular complexity index is 778. The summed E-state index contributed by atoms with van der Waals surface area (Å²) in [5.41, 5.74) is 0. The molecule has 0 saturated heterocycles. The van der Waals surface area contributed by atoms with Gasteiger partial charge in [-0.1, -0.05) is 48.5 Å². The summed E-state index contributed by atoms with van der Waals surface area (Å²) in [5.74, 6) is 0. The van der Waals surface area contributed by atoms with E-state index in [1.807, 2.05) is 0 Å². The largest absolute Gasteiger partial charge is 0.374 e. The molecule has 0 aromatic heterocycles. The average Bonchev–Trinajstić information content (AvgIpc) is 2.55. The summed E-state index contributed by atoms with van der Waals surface area (Å²) in [6, 6.07) is 15.0. The predicted molar refractivity (Wildman–Crippen MR) is 95.9 cm³/mol. The van der Waals surface area contributed by atoms with E-state index in [1.54, 1.807) is 24.3 Å². The molecule has 0 aliphatic rings. The van der Waals surface area contributed by atoms with Crippen molar-refractivity contribution in [2.24, 2.45) is 9.03 Å². The zero-order chi connectivity index (χ0) is 17.8. The first-order valence-electron chi connectivity index (χ1n) is 6.84. The Morgan fingerprint density at radius 2 is 1.38 bits per heavy atom. The summed E-state index contributed by atoms with van der Waals surface area (Å²) >= 11 is 0. The van der Waals surface area contributed by atoms with Gasteiger partial charge >= 0.3 is 7.83 Å². The molecule has 2 rings (SSSR count). The zero-order valence-electron chi connectivity index (χ0n) is 13.0. The van der Waals surface area contributed by atoms with E-state index in [0.29, 0.717) is 4.67 Å². The van der Waals surface area contributed by atoms with Crippen LogP contribution in [-0.4, -0.2) is 18.8 Å². The van der Waals surface area contributed by atoms with Crippen LogP contribution >= 0.6 is 23.7 Å². The van der Waals surface area contributed by atoms with Crippen molar-refractivity contribution in [3.63, 3.8) is 0 Å². The lowest BCUT2D eigenvalue weighted by atomic mass is 10.4. The number of benzene rings is 2. The third kappa shape index (κ3) is 4.77. The molecule has 0 amide bonds. The fourth-order valence-corrected chi connectivity index (χ4v) is 6.96. The third-order valence-corrected chi connectivity index (χ3v) is 8.99. The van der Waals surface area contributed by atoms with E-state index in [-0.39, 0.29) is 10.6 Å². The van der Waals surface area contributed by atoms with Gasteiger partial charge in [-0.15, -0.1) is 0 Å². The van der Waals surface area contributed by atoms with E-state index < -0.39 is 23.7 Å². The van der Waals surface area contributed by atoms with Gasteiger partial charge in [0.2, 0.25) is 8.38 Å². The van der Waals surface area contributed by atoms with Gasteiger partial charge in [-0.3, -0.25) is 0 Å². The lowest BCUT2D eigenvalue weighted by molar-refractivity contribution is 0.543. The quantitative estimate of drug-likeness (QED) is 0.427. The molecule has 0 spiro atoms. The van der Waals surface area contributed by atoms with Crippen LogP contribution in [0.25, 0.3) is 0 Å². The van der Waals surface area contributed by atoms with Gasteiger partial charge in [0.25, 0.3) is 7.52 Å². The van der Waals surface area contributed by atoms with Gasteiger partial charge in [0.15, 0.2) is 0 Å². The first-order valence-corrected chi connectivity index (χ1v) is 11.1. The SMILES string of the molecule is CN(C)P(F)(F)=NP(F)(=NP(F)c1ccccc1)c1ccccc1. The highest BCUT2D eigenvalue weighted by Gasteiger charge is 2.32. The Labute approximate surface area is 140 Å². The number of rotatable bonds is 5. The highest BCUT2D eigenvalue weighted by molar-refractivity contribution is 7.78. The Morgan fingerprint density at radius 1 is 0.875 bits per heavy atom. The molecular weight excluding hydrogens is 379 g/mol. The first-order chi connectivity index (χ1) is 11.2. The van der Waals surface area contributed by atoms with Crippen LogP contribution in [0.5, 0.6) is 0 Å². The van der Waals surface area contributed by atoms with Crippen molar-refractivity contribution < 1.29 is 16.8 Å². The zero-order valence-corrected chi connectivity index (χ0v) is 15.7. The number of hydrogen-bond donors (Lipinski definition) is 0. The second-order valence-corrected chi connectivity index (χ2v) is 10.7. The molecule has 2 aromatic rings. The highest BCUT2D eigenvalue weighted by atomic mass is 31.3. The van der Waals surface area contributed by atoms with E-state index in [9.17, 15) is 12.6 Å². The normalized spacial score (nSPS) is 15.6. The molecule has 2 atom stereocenters. The van der Waals surface area contributed by atoms with Crippen LogP contribution in [0.15, 0.2) is 69.7 Å². The molecule has 2 aromatic carbocycles. The van der Waals surface area contributed by atoms with Crippen molar-refractivity contribution in [2.75, 3.05) is 14.1 Å². The third-order valence-electron chi connectivity index (χ3n) is 2.96. The lowest BCUT2D eigenvalue weighted by Gasteiger charge is -2.18. The number of hydrogen-bond acceptors (Lipinski definition) is 1. The molecule has 0 saturated carbocycles. The van der Waals surface area contributed by atoms with Crippen LogP contribution in [0, 0.1) is 0 Å².